The molecule has 0 spiro atoms. The molecule has 0 aliphatic carbocycles. The van der Waals surface area contributed by atoms with Gasteiger partial charge in [-0.3, -0.25) is 4.99 Å². The van der Waals surface area contributed by atoms with Gasteiger partial charge in [0.05, 0.1) is 0 Å². The Morgan fingerprint density at radius 3 is 2.86 bits per heavy atom. The number of hydrogen-bond donors (Lipinski definition) is 1. The number of amidine groups is 1. The Balaban J connectivity index is 1.78. The first-order valence-corrected chi connectivity index (χ1v) is 6.34. The summed E-state index contributed by atoms with van der Waals surface area (Å²) in [5, 5.41) is 4.66. The lowest BCUT2D eigenvalue weighted by Crippen LogP contribution is -2.39. The number of ether oxygens (including phenoxy) is 1. The highest BCUT2D eigenvalue weighted by molar-refractivity contribution is 8.13. The van der Waals surface area contributed by atoms with Crippen LogP contribution < -0.4 is 5.32 Å². The van der Waals surface area contributed by atoms with Gasteiger partial charge in [0.15, 0.2) is 5.17 Å². The Labute approximate surface area is 89.7 Å². The van der Waals surface area contributed by atoms with E-state index >= 15 is 0 Å². The zero-order valence-corrected chi connectivity index (χ0v) is 9.48. The van der Waals surface area contributed by atoms with Crippen LogP contribution >= 0.6 is 11.8 Å². The van der Waals surface area contributed by atoms with Gasteiger partial charge < -0.3 is 10.1 Å². The van der Waals surface area contributed by atoms with Crippen LogP contribution in [0.3, 0.4) is 0 Å². The molecule has 1 fully saturated rings. The van der Waals surface area contributed by atoms with Gasteiger partial charge in [-0.2, -0.15) is 0 Å². The second-order valence-corrected chi connectivity index (χ2v) is 5.10. The smallest absolute Gasteiger partial charge is 0.156 e. The van der Waals surface area contributed by atoms with Crippen LogP contribution in [0, 0.1) is 5.92 Å². The van der Waals surface area contributed by atoms with Gasteiger partial charge in [-0.05, 0) is 18.8 Å². The molecule has 2 aliphatic heterocycles. The minimum Gasteiger partial charge on any atom is -0.381 e. The third-order valence-corrected chi connectivity index (χ3v) is 3.86. The van der Waals surface area contributed by atoms with Crippen molar-refractivity contribution < 1.29 is 4.74 Å². The number of nitrogens with zero attached hydrogens (tertiary/aromatic N) is 1. The summed E-state index contributed by atoms with van der Waals surface area (Å²) in [5.74, 6) is 1.94. The van der Waals surface area contributed by atoms with Crippen LogP contribution in [0.2, 0.25) is 0 Å². The summed E-state index contributed by atoms with van der Waals surface area (Å²) in [5.41, 5.74) is 0. The maximum atomic E-state index is 5.32. The average Bonchev–Trinajstić information content (AvgIpc) is 2.23. The highest BCUT2D eigenvalue weighted by atomic mass is 32.2. The number of hydrogen-bond acceptors (Lipinski definition) is 4. The van der Waals surface area contributed by atoms with E-state index in [4.69, 9.17) is 4.74 Å². The molecule has 80 valence electrons. The fourth-order valence-corrected chi connectivity index (χ4v) is 2.63. The lowest BCUT2D eigenvalue weighted by atomic mass is 10.1. The number of nitrogens with one attached hydrogen (secondary N) is 1. The van der Waals surface area contributed by atoms with Gasteiger partial charge in [0.2, 0.25) is 0 Å². The van der Waals surface area contributed by atoms with Crippen molar-refractivity contribution in [3.63, 3.8) is 0 Å². The third-order valence-electron chi connectivity index (χ3n) is 2.60. The van der Waals surface area contributed by atoms with Crippen molar-refractivity contribution in [3.05, 3.63) is 0 Å². The van der Waals surface area contributed by atoms with E-state index in [2.05, 4.69) is 17.2 Å². The van der Waals surface area contributed by atoms with Crippen LogP contribution in [0.25, 0.3) is 0 Å². The van der Waals surface area contributed by atoms with E-state index in [1.807, 2.05) is 11.8 Å². The maximum Gasteiger partial charge on any atom is 0.156 e. The fraction of sp³-hybridized carbons (Fsp3) is 0.900. The fourth-order valence-electron chi connectivity index (χ4n) is 1.66. The lowest BCUT2D eigenvalue weighted by Gasteiger charge is -2.26. The number of rotatable bonds is 1. The summed E-state index contributed by atoms with van der Waals surface area (Å²) >= 11 is 1.86. The van der Waals surface area contributed by atoms with Crippen LogP contribution in [0.5, 0.6) is 0 Å². The summed E-state index contributed by atoms with van der Waals surface area (Å²) in [7, 11) is 0. The van der Waals surface area contributed by atoms with Gasteiger partial charge in [0.1, 0.15) is 0 Å². The summed E-state index contributed by atoms with van der Waals surface area (Å²) in [6.45, 7) is 5.03. The first-order valence-electron chi connectivity index (χ1n) is 5.36. The first kappa shape index (κ1) is 10.3. The van der Waals surface area contributed by atoms with E-state index < -0.39 is 0 Å². The van der Waals surface area contributed by atoms with Gasteiger partial charge >= 0.3 is 0 Å². The van der Waals surface area contributed by atoms with Crippen molar-refractivity contribution in [2.24, 2.45) is 10.9 Å². The molecule has 3 nitrogen and oxygen atoms in total. The monoisotopic (exact) mass is 214 g/mol. The Morgan fingerprint density at radius 1 is 1.43 bits per heavy atom. The van der Waals surface area contributed by atoms with Crippen LogP contribution in [-0.4, -0.2) is 36.7 Å². The van der Waals surface area contributed by atoms with Crippen molar-refractivity contribution >= 4 is 16.9 Å². The Hall–Kier alpha value is -0.220. The minimum absolute atomic E-state index is 0.586. The predicted octanol–water partition coefficient (Wildman–Crippen LogP) is 1.49. The lowest BCUT2D eigenvalue weighted by molar-refractivity contribution is 0.0826. The Morgan fingerprint density at radius 2 is 2.21 bits per heavy atom. The van der Waals surface area contributed by atoms with Crippen LogP contribution in [0.15, 0.2) is 4.99 Å². The zero-order chi connectivity index (χ0) is 9.80. The molecule has 14 heavy (non-hydrogen) atoms. The number of thioether (sulfide) groups is 1. The molecule has 1 unspecified atom stereocenters. The number of aliphatic imine (C=N–C) groups is 1. The minimum atomic E-state index is 0.586. The molecule has 2 rings (SSSR count). The normalized spacial score (nSPS) is 29.8. The molecule has 0 saturated carbocycles. The van der Waals surface area contributed by atoms with Crippen molar-refractivity contribution in [1.29, 1.82) is 0 Å². The van der Waals surface area contributed by atoms with Gasteiger partial charge in [-0.15, -0.1) is 0 Å². The van der Waals surface area contributed by atoms with Crippen LogP contribution in [0.1, 0.15) is 19.8 Å². The van der Waals surface area contributed by atoms with Crippen molar-refractivity contribution in [1.82, 2.24) is 5.32 Å². The Kier molecular flexibility index (Phi) is 3.70. The van der Waals surface area contributed by atoms with Gasteiger partial charge in [0.25, 0.3) is 0 Å². The second kappa shape index (κ2) is 5.03. The molecule has 0 aromatic heterocycles. The summed E-state index contributed by atoms with van der Waals surface area (Å²) in [6, 6.07) is 0.586. The Bertz CT molecular complexity index is 214. The third kappa shape index (κ3) is 2.89. The van der Waals surface area contributed by atoms with E-state index in [9.17, 15) is 0 Å². The topological polar surface area (TPSA) is 33.6 Å². The van der Waals surface area contributed by atoms with Gasteiger partial charge in [0, 0.05) is 31.6 Å². The van der Waals surface area contributed by atoms with Gasteiger partial charge in [-0.25, -0.2) is 0 Å². The van der Waals surface area contributed by atoms with E-state index in [-0.39, 0.29) is 0 Å². The van der Waals surface area contributed by atoms with Crippen molar-refractivity contribution in [2.45, 2.75) is 25.8 Å². The quantitative estimate of drug-likeness (QED) is 0.718. The molecule has 2 aliphatic rings. The van der Waals surface area contributed by atoms with E-state index in [1.165, 1.54) is 5.75 Å². The maximum absolute atomic E-state index is 5.32. The molecule has 0 bridgehead atoms. The molecular formula is C10H18N2OS. The first-order chi connectivity index (χ1) is 6.84. The average molecular weight is 214 g/mol. The van der Waals surface area contributed by atoms with Crippen molar-refractivity contribution in [2.75, 3.05) is 25.5 Å². The highest BCUT2D eigenvalue weighted by Crippen LogP contribution is 2.17. The highest BCUT2D eigenvalue weighted by Gasteiger charge is 2.17. The van der Waals surface area contributed by atoms with E-state index in [0.29, 0.717) is 6.04 Å². The molecule has 0 radical (unpaired) electrons. The molecule has 0 amide bonds. The molecule has 1 saturated heterocycles. The molecule has 0 aromatic carbocycles. The largest absolute Gasteiger partial charge is 0.381 e. The molecule has 1 N–H and O–H groups in total. The standard InChI is InChI=1S/C10H18N2OS/c1-8-6-11-10(14-7-8)12-9-2-4-13-5-3-9/h8-9H,2-7H2,1H3,(H,11,12). The molecule has 1 atom stereocenters. The second-order valence-electron chi connectivity index (χ2n) is 4.09. The van der Waals surface area contributed by atoms with Crippen LogP contribution in [0.4, 0.5) is 0 Å². The van der Waals surface area contributed by atoms with E-state index in [0.717, 1.165) is 43.7 Å². The van der Waals surface area contributed by atoms with Crippen molar-refractivity contribution in [3.8, 4) is 0 Å². The molecule has 0 aromatic rings. The van der Waals surface area contributed by atoms with Crippen LogP contribution in [-0.2, 0) is 4.74 Å². The van der Waals surface area contributed by atoms with E-state index in [1.54, 1.807) is 0 Å². The summed E-state index contributed by atoms with van der Waals surface area (Å²) in [4.78, 5) is 4.53. The summed E-state index contributed by atoms with van der Waals surface area (Å²) in [6.07, 6.45) is 2.24. The van der Waals surface area contributed by atoms with Gasteiger partial charge in [-0.1, -0.05) is 18.7 Å². The predicted molar refractivity (Wildman–Crippen MR) is 60.9 cm³/mol. The zero-order valence-electron chi connectivity index (χ0n) is 8.66. The molecular weight excluding hydrogens is 196 g/mol. The SMILES string of the molecule is CC1CN=C(NC2CCOCC2)SC1. The summed E-state index contributed by atoms with van der Waals surface area (Å²) < 4.78 is 5.32. The molecule has 2 heterocycles. The molecule has 4 heteroatoms.